The van der Waals surface area contributed by atoms with Gasteiger partial charge in [-0.3, -0.25) is 0 Å². The highest BCUT2D eigenvalue weighted by Gasteiger charge is 1.92. The van der Waals surface area contributed by atoms with E-state index >= 15 is 0 Å². The maximum atomic E-state index is 8.47. The van der Waals surface area contributed by atoms with Gasteiger partial charge >= 0.3 is 0 Å². The third-order valence-corrected chi connectivity index (χ3v) is 1.65. The first-order valence-electron chi connectivity index (χ1n) is 4.59. The zero-order valence-electron chi connectivity index (χ0n) is 7.77. The first kappa shape index (κ1) is 10.9. The molecular formula is C9H21NO. The van der Waals surface area contributed by atoms with Crippen LogP contribution in [-0.2, 0) is 0 Å². The van der Waals surface area contributed by atoms with Crippen LogP contribution in [0.25, 0.3) is 0 Å². The highest BCUT2D eigenvalue weighted by molar-refractivity contribution is 4.50. The fraction of sp³-hybridized carbons (Fsp3) is 1.00. The number of hydrogen-bond acceptors (Lipinski definition) is 2. The van der Waals surface area contributed by atoms with Crippen molar-refractivity contribution in [1.82, 2.24) is 5.32 Å². The van der Waals surface area contributed by atoms with Crippen LogP contribution in [0.1, 0.15) is 33.1 Å². The second-order valence-electron chi connectivity index (χ2n) is 3.36. The van der Waals surface area contributed by atoms with E-state index in [9.17, 15) is 0 Å². The summed E-state index contributed by atoms with van der Waals surface area (Å²) in [6.45, 7) is 6.84. The lowest BCUT2D eigenvalue weighted by atomic mass is 10.1. The average molecular weight is 159 g/mol. The van der Waals surface area contributed by atoms with Crippen molar-refractivity contribution in [1.29, 1.82) is 0 Å². The van der Waals surface area contributed by atoms with Crippen LogP contribution in [0.4, 0.5) is 0 Å². The van der Waals surface area contributed by atoms with Crippen LogP contribution in [-0.4, -0.2) is 24.8 Å². The Morgan fingerprint density at radius 2 is 1.82 bits per heavy atom. The van der Waals surface area contributed by atoms with E-state index in [0.29, 0.717) is 6.61 Å². The zero-order chi connectivity index (χ0) is 8.53. The number of rotatable bonds is 7. The zero-order valence-corrected chi connectivity index (χ0v) is 7.77. The van der Waals surface area contributed by atoms with Gasteiger partial charge in [0.2, 0.25) is 0 Å². The fourth-order valence-corrected chi connectivity index (χ4v) is 0.964. The van der Waals surface area contributed by atoms with Gasteiger partial charge in [0.25, 0.3) is 0 Å². The molecule has 0 rings (SSSR count). The molecule has 0 spiro atoms. The summed E-state index contributed by atoms with van der Waals surface area (Å²) in [6, 6.07) is 0. The summed E-state index contributed by atoms with van der Waals surface area (Å²) in [7, 11) is 0. The van der Waals surface area contributed by atoms with E-state index in [1.165, 1.54) is 12.8 Å². The Morgan fingerprint density at radius 3 is 2.36 bits per heavy atom. The Morgan fingerprint density at radius 1 is 1.18 bits per heavy atom. The van der Waals surface area contributed by atoms with Crippen LogP contribution in [0.2, 0.25) is 0 Å². The second-order valence-corrected chi connectivity index (χ2v) is 3.36. The van der Waals surface area contributed by atoms with E-state index in [1.54, 1.807) is 0 Å². The molecule has 2 N–H and O–H groups in total. The standard InChI is InChI=1S/C9H21NO/c1-9(2)5-3-6-10-7-4-8-11/h9-11H,3-8H2,1-2H3. The summed E-state index contributed by atoms with van der Waals surface area (Å²) in [4.78, 5) is 0. The summed E-state index contributed by atoms with van der Waals surface area (Å²) in [5.41, 5.74) is 0. The molecule has 0 aromatic rings. The summed E-state index contributed by atoms with van der Waals surface area (Å²) in [5.74, 6) is 0.814. The van der Waals surface area contributed by atoms with Crippen LogP contribution in [0.5, 0.6) is 0 Å². The largest absolute Gasteiger partial charge is 0.396 e. The lowest BCUT2D eigenvalue weighted by Crippen LogP contribution is -2.17. The number of aliphatic hydroxyl groups excluding tert-OH is 1. The Hall–Kier alpha value is -0.0800. The van der Waals surface area contributed by atoms with Gasteiger partial charge in [-0.05, 0) is 38.3 Å². The van der Waals surface area contributed by atoms with Gasteiger partial charge in [-0.25, -0.2) is 0 Å². The minimum Gasteiger partial charge on any atom is -0.396 e. The minimum absolute atomic E-state index is 0.303. The highest BCUT2D eigenvalue weighted by atomic mass is 16.3. The third kappa shape index (κ3) is 9.92. The number of hydrogen-bond donors (Lipinski definition) is 2. The Balaban J connectivity index is 2.80. The van der Waals surface area contributed by atoms with Gasteiger partial charge in [-0.1, -0.05) is 13.8 Å². The molecule has 0 radical (unpaired) electrons. The van der Waals surface area contributed by atoms with Crippen LogP contribution in [0.15, 0.2) is 0 Å². The minimum atomic E-state index is 0.303. The van der Waals surface area contributed by atoms with E-state index in [1.807, 2.05) is 0 Å². The van der Waals surface area contributed by atoms with Crippen molar-refractivity contribution in [3.63, 3.8) is 0 Å². The molecule has 0 aliphatic carbocycles. The van der Waals surface area contributed by atoms with E-state index in [2.05, 4.69) is 19.2 Å². The quantitative estimate of drug-likeness (QED) is 0.550. The van der Waals surface area contributed by atoms with E-state index in [-0.39, 0.29) is 0 Å². The lowest BCUT2D eigenvalue weighted by Gasteiger charge is -2.05. The molecule has 68 valence electrons. The van der Waals surface area contributed by atoms with E-state index in [4.69, 9.17) is 5.11 Å². The molecule has 11 heavy (non-hydrogen) atoms. The predicted molar refractivity (Wildman–Crippen MR) is 48.6 cm³/mol. The maximum absolute atomic E-state index is 8.47. The molecule has 0 heterocycles. The van der Waals surface area contributed by atoms with Crippen molar-refractivity contribution in [3.8, 4) is 0 Å². The molecule has 2 heteroatoms. The van der Waals surface area contributed by atoms with Crippen molar-refractivity contribution in [2.45, 2.75) is 33.1 Å². The van der Waals surface area contributed by atoms with Gasteiger partial charge in [-0.15, -0.1) is 0 Å². The number of aliphatic hydroxyl groups is 1. The molecule has 2 nitrogen and oxygen atoms in total. The number of nitrogens with one attached hydrogen (secondary N) is 1. The van der Waals surface area contributed by atoms with Crippen molar-refractivity contribution >= 4 is 0 Å². The van der Waals surface area contributed by atoms with Gasteiger partial charge in [0, 0.05) is 6.61 Å². The van der Waals surface area contributed by atoms with Crippen LogP contribution >= 0.6 is 0 Å². The average Bonchev–Trinajstić information content (AvgIpc) is 1.96. The summed E-state index contributed by atoms with van der Waals surface area (Å²) >= 11 is 0. The predicted octanol–water partition coefficient (Wildman–Crippen LogP) is 1.39. The third-order valence-electron chi connectivity index (χ3n) is 1.65. The molecule has 0 amide bonds. The SMILES string of the molecule is CC(C)CCCNCCCO. The van der Waals surface area contributed by atoms with E-state index < -0.39 is 0 Å². The molecule has 0 atom stereocenters. The fourth-order valence-electron chi connectivity index (χ4n) is 0.964. The first-order chi connectivity index (χ1) is 5.27. The van der Waals surface area contributed by atoms with Gasteiger partial charge in [0.15, 0.2) is 0 Å². The van der Waals surface area contributed by atoms with Crippen LogP contribution in [0.3, 0.4) is 0 Å². The molecule has 0 saturated carbocycles. The monoisotopic (exact) mass is 159 g/mol. The molecule has 0 aliphatic heterocycles. The normalized spacial score (nSPS) is 10.9. The lowest BCUT2D eigenvalue weighted by molar-refractivity contribution is 0.286. The molecule has 0 unspecified atom stereocenters. The maximum Gasteiger partial charge on any atom is 0.0443 e. The van der Waals surface area contributed by atoms with Gasteiger partial charge in [0.05, 0.1) is 0 Å². The Labute approximate surface area is 70.0 Å². The Bertz CT molecular complexity index is 74.0. The van der Waals surface area contributed by atoms with Gasteiger partial charge in [0.1, 0.15) is 0 Å². The summed E-state index contributed by atoms with van der Waals surface area (Å²) < 4.78 is 0. The topological polar surface area (TPSA) is 32.3 Å². The van der Waals surface area contributed by atoms with Gasteiger partial charge < -0.3 is 10.4 Å². The summed E-state index contributed by atoms with van der Waals surface area (Å²) in [5, 5.41) is 11.8. The van der Waals surface area contributed by atoms with Gasteiger partial charge in [-0.2, -0.15) is 0 Å². The highest BCUT2D eigenvalue weighted by Crippen LogP contribution is 2.01. The van der Waals surface area contributed by atoms with Crippen LogP contribution < -0.4 is 5.32 Å². The molecular weight excluding hydrogens is 138 g/mol. The molecule has 0 aromatic heterocycles. The van der Waals surface area contributed by atoms with Crippen molar-refractivity contribution in [3.05, 3.63) is 0 Å². The molecule has 0 saturated heterocycles. The van der Waals surface area contributed by atoms with Crippen molar-refractivity contribution in [2.24, 2.45) is 5.92 Å². The summed E-state index contributed by atoms with van der Waals surface area (Å²) in [6.07, 6.45) is 3.43. The van der Waals surface area contributed by atoms with E-state index in [0.717, 1.165) is 25.4 Å². The second kappa shape index (κ2) is 8.02. The van der Waals surface area contributed by atoms with Crippen molar-refractivity contribution < 1.29 is 5.11 Å². The van der Waals surface area contributed by atoms with Crippen LogP contribution in [0, 0.1) is 5.92 Å². The Kier molecular flexibility index (Phi) is 7.96. The first-order valence-corrected chi connectivity index (χ1v) is 4.59. The van der Waals surface area contributed by atoms with Crippen molar-refractivity contribution in [2.75, 3.05) is 19.7 Å². The molecule has 0 aliphatic rings. The molecule has 0 fully saturated rings. The smallest absolute Gasteiger partial charge is 0.0443 e. The molecule has 0 aromatic carbocycles. The molecule has 0 bridgehead atoms.